The Bertz CT molecular complexity index is 1460. The third-order valence-electron chi connectivity index (χ3n) is 5.96. The van der Waals surface area contributed by atoms with Crippen molar-refractivity contribution in [1.82, 2.24) is 0 Å². The minimum Gasteiger partial charge on any atom is -0.507 e. The molecule has 0 aliphatic heterocycles. The first-order valence-corrected chi connectivity index (χ1v) is 14.5. The number of sulfone groups is 2. The zero-order chi connectivity index (χ0) is 25.9. The van der Waals surface area contributed by atoms with Crippen LogP contribution >= 0.6 is 0 Å². The Morgan fingerprint density at radius 2 is 0.972 bits per heavy atom. The van der Waals surface area contributed by atoms with Gasteiger partial charge in [-0.3, -0.25) is 0 Å². The maximum absolute atomic E-state index is 13.8. The van der Waals surface area contributed by atoms with Crippen LogP contribution in [0.4, 0.5) is 0 Å². The van der Waals surface area contributed by atoms with Gasteiger partial charge in [-0.25, -0.2) is 16.8 Å². The second-order valence-electron chi connectivity index (χ2n) is 8.41. The van der Waals surface area contributed by atoms with E-state index >= 15 is 0 Å². The highest BCUT2D eigenvalue weighted by molar-refractivity contribution is 8.09. The van der Waals surface area contributed by atoms with Gasteiger partial charge in [-0.15, -0.1) is 0 Å². The molecule has 36 heavy (non-hydrogen) atoms. The topological polar surface area (TPSA) is 109 Å². The van der Waals surface area contributed by atoms with Crippen LogP contribution in [0.15, 0.2) is 107 Å². The normalized spacial score (nSPS) is 12.1. The largest absolute Gasteiger partial charge is 0.507 e. The average Bonchev–Trinajstić information content (AvgIpc) is 2.88. The van der Waals surface area contributed by atoms with Gasteiger partial charge in [0.2, 0.25) is 0 Å². The molecule has 4 aromatic carbocycles. The number of rotatable bonds is 8. The second-order valence-corrected chi connectivity index (χ2v) is 12.9. The van der Waals surface area contributed by atoms with Gasteiger partial charge in [0.15, 0.2) is 24.3 Å². The fourth-order valence-electron chi connectivity index (χ4n) is 4.10. The number of phenolic OH excluding ortho intramolecular Hbond substituents is 2. The van der Waals surface area contributed by atoms with Crippen molar-refractivity contribution in [1.29, 1.82) is 0 Å². The lowest BCUT2D eigenvalue weighted by atomic mass is 10.1. The molecule has 0 saturated heterocycles. The molecule has 6 nitrogen and oxygen atoms in total. The molecule has 0 fully saturated rings. The number of benzene rings is 4. The summed E-state index contributed by atoms with van der Waals surface area (Å²) in [6.45, 7) is 1.68. The Morgan fingerprint density at radius 1 is 0.583 bits per heavy atom. The van der Waals surface area contributed by atoms with Gasteiger partial charge in [0.25, 0.3) is 0 Å². The molecular weight excluding hydrogens is 496 g/mol. The van der Waals surface area contributed by atoms with E-state index in [2.05, 4.69) is 0 Å². The first-order chi connectivity index (χ1) is 17.2. The smallest absolute Gasteiger partial charge is 0.199 e. The molecule has 8 heteroatoms. The lowest BCUT2D eigenvalue weighted by Gasteiger charge is -2.20. The summed E-state index contributed by atoms with van der Waals surface area (Å²) in [6, 6.07) is 26.2. The first-order valence-electron chi connectivity index (χ1n) is 11.4. The summed E-state index contributed by atoms with van der Waals surface area (Å²) >= 11 is 0. The molecule has 0 saturated carbocycles. The van der Waals surface area contributed by atoms with Crippen molar-refractivity contribution in [2.45, 2.75) is 34.1 Å². The van der Waals surface area contributed by atoms with Crippen LogP contribution in [0, 0.1) is 0 Å². The monoisotopic (exact) mass is 522 g/mol. The Morgan fingerprint density at radius 3 is 1.33 bits per heavy atom. The quantitative estimate of drug-likeness (QED) is 0.302. The minimum absolute atomic E-state index is 0.214. The lowest BCUT2D eigenvalue weighted by Crippen LogP contribution is -2.31. The van der Waals surface area contributed by atoms with Crippen LogP contribution in [-0.2, 0) is 19.7 Å². The van der Waals surface area contributed by atoms with Gasteiger partial charge < -0.3 is 10.2 Å². The highest BCUT2D eigenvalue weighted by atomic mass is 32.3. The fraction of sp³-hybridized carbons (Fsp3) is 0.143. The molecule has 0 unspecified atom stereocenters. The highest BCUT2D eigenvalue weighted by Crippen LogP contribution is 2.38. The Labute approximate surface area is 211 Å². The van der Waals surface area contributed by atoms with E-state index in [9.17, 15) is 27.0 Å². The summed E-state index contributed by atoms with van der Waals surface area (Å²) in [6.07, 6.45) is 0.0378. The summed E-state index contributed by atoms with van der Waals surface area (Å²) in [5.74, 6) is -1.07. The Balaban J connectivity index is 1.85. The molecule has 4 rings (SSSR count). The van der Waals surface area contributed by atoms with E-state index in [0.717, 1.165) is 11.1 Å². The molecule has 0 spiro atoms. The van der Waals surface area contributed by atoms with Gasteiger partial charge in [-0.2, -0.15) is 0 Å². The van der Waals surface area contributed by atoms with Crippen molar-refractivity contribution in [2.75, 3.05) is 0 Å². The molecule has 0 atom stereocenters. The summed E-state index contributed by atoms with van der Waals surface area (Å²) < 4.78 is 53.3. The molecule has 186 valence electrons. The van der Waals surface area contributed by atoms with E-state index < -0.39 is 45.5 Å². The number of aromatic hydroxyl groups is 2. The number of hydrogen-bond acceptors (Lipinski definition) is 6. The molecule has 0 aliphatic rings. The maximum atomic E-state index is 13.8. The third kappa shape index (κ3) is 4.87. The van der Waals surface area contributed by atoms with Crippen molar-refractivity contribution in [3.8, 4) is 33.8 Å². The Kier molecular flexibility index (Phi) is 7.19. The molecular formula is C28H26O6S2. The molecule has 0 aromatic heterocycles. The first kappa shape index (κ1) is 25.5. The van der Waals surface area contributed by atoms with E-state index in [1.165, 1.54) is 24.3 Å². The molecule has 0 aliphatic carbocycles. The van der Waals surface area contributed by atoms with Gasteiger partial charge >= 0.3 is 0 Å². The highest BCUT2D eigenvalue weighted by Gasteiger charge is 2.42. The van der Waals surface area contributed by atoms with Crippen molar-refractivity contribution in [3.05, 3.63) is 97.1 Å². The van der Waals surface area contributed by atoms with Crippen LogP contribution < -0.4 is 0 Å². The minimum atomic E-state index is -4.57. The summed E-state index contributed by atoms with van der Waals surface area (Å²) in [5, 5.41) is 21.0. The van der Waals surface area contributed by atoms with Crippen LogP contribution in [0.2, 0.25) is 0 Å². The van der Waals surface area contributed by atoms with Crippen molar-refractivity contribution < 1.29 is 27.0 Å². The van der Waals surface area contributed by atoms with E-state index in [4.69, 9.17) is 0 Å². The molecule has 0 heterocycles. The molecule has 0 bridgehead atoms. The fourth-order valence-corrected chi connectivity index (χ4v) is 9.02. The predicted molar refractivity (Wildman–Crippen MR) is 140 cm³/mol. The number of hydrogen-bond donors (Lipinski definition) is 2. The molecule has 0 amide bonds. The van der Waals surface area contributed by atoms with Gasteiger partial charge in [0, 0.05) is 0 Å². The second kappa shape index (κ2) is 10.2. The summed E-state index contributed by atoms with van der Waals surface area (Å²) in [7, 11) is -9.15. The van der Waals surface area contributed by atoms with Gasteiger partial charge in [-0.1, -0.05) is 86.1 Å². The van der Waals surface area contributed by atoms with Crippen LogP contribution in [0.1, 0.15) is 19.8 Å². The van der Waals surface area contributed by atoms with Crippen molar-refractivity contribution in [2.24, 2.45) is 0 Å². The van der Waals surface area contributed by atoms with Gasteiger partial charge in [0.1, 0.15) is 21.3 Å². The van der Waals surface area contributed by atoms with Gasteiger partial charge in [-0.05, 0) is 52.9 Å². The zero-order valence-corrected chi connectivity index (χ0v) is 21.2. The number of phenols is 2. The summed E-state index contributed by atoms with van der Waals surface area (Å²) in [4.78, 5) is -0.936. The van der Waals surface area contributed by atoms with E-state index in [-0.39, 0.29) is 12.8 Å². The third-order valence-corrected chi connectivity index (χ3v) is 11.2. The van der Waals surface area contributed by atoms with Crippen LogP contribution in [0.3, 0.4) is 0 Å². The Hall–Kier alpha value is -3.62. The van der Waals surface area contributed by atoms with Crippen LogP contribution in [0.25, 0.3) is 22.3 Å². The van der Waals surface area contributed by atoms with E-state index in [1.807, 2.05) is 12.1 Å². The standard InChI is InChI=1S/C28H26O6S2/c1-2-9-28(35(31,32)26-18-22(14-16-24(26)29)20-10-5-3-6-11-20)36(33,34)27-19-23(15-17-25(27)30)21-12-7-4-8-13-21/h3-8,10-19,28-30H,2,9H2,1H3. The zero-order valence-electron chi connectivity index (χ0n) is 19.6. The predicted octanol–water partition coefficient (Wildman–Crippen LogP) is 5.81. The SMILES string of the molecule is CCCC(S(=O)(=O)c1cc(-c2ccccc2)ccc1O)S(=O)(=O)c1cc(-c2ccccc2)ccc1O. The maximum Gasteiger partial charge on any atom is 0.199 e. The van der Waals surface area contributed by atoms with Crippen LogP contribution in [0.5, 0.6) is 11.5 Å². The molecule has 4 aromatic rings. The van der Waals surface area contributed by atoms with E-state index in [1.54, 1.807) is 67.6 Å². The molecule has 2 N–H and O–H groups in total. The molecule has 0 radical (unpaired) electrons. The van der Waals surface area contributed by atoms with E-state index in [0.29, 0.717) is 11.1 Å². The summed E-state index contributed by atoms with van der Waals surface area (Å²) in [5.41, 5.74) is 2.48. The van der Waals surface area contributed by atoms with Crippen molar-refractivity contribution in [3.63, 3.8) is 0 Å². The average molecular weight is 523 g/mol. The van der Waals surface area contributed by atoms with Crippen LogP contribution in [-0.4, -0.2) is 31.6 Å². The van der Waals surface area contributed by atoms with Crippen molar-refractivity contribution >= 4 is 19.7 Å². The lowest BCUT2D eigenvalue weighted by molar-refractivity contribution is 0.457. The van der Waals surface area contributed by atoms with Gasteiger partial charge in [0.05, 0.1) is 0 Å².